The maximum absolute atomic E-state index is 12.1. The third-order valence-corrected chi connectivity index (χ3v) is 4.52. The molecule has 2 N–H and O–H groups in total. The lowest BCUT2D eigenvalue weighted by Crippen LogP contribution is -2.32. The zero-order chi connectivity index (χ0) is 16.1. The van der Waals surface area contributed by atoms with Crippen LogP contribution in [0, 0.1) is 14.9 Å². The number of hydrogen-bond acceptors (Lipinski definition) is 4. The molecule has 0 radical (unpaired) electrons. The first-order valence-electron chi connectivity index (χ1n) is 6.71. The summed E-state index contributed by atoms with van der Waals surface area (Å²) in [4.78, 5) is 12.1. The van der Waals surface area contributed by atoms with Gasteiger partial charge in [-0.05, 0) is 53.6 Å². The van der Waals surface area contributed by atoms with Gasteiger partial charge in [0.15, 0.2) is 0 Å². The van der Waals surface area contributed by atoms with Crippen molar-refractivity contribution in [3.05, 3.63) is 31.3 Å². The van der Waals surface area contributed by atoms with Crippen LogP contribution in [-0.2, 0) is 9.53 Å². The highest BCUT2D eigenvalue weighted by molar-refractivity contribution is 14.1. The van der Waals surface area contributed by atoms with Crippen molar-refractivity contribution < 1.29 is 14.6 Å². The van der Waals surface area contributed by atoms with E-state index in [9.17, 15) is 15.2 Å². The van der Waals surface area contributed by atoms with E-state index >= 15 is 0 Å². The molecule has 116 valence electrons. The third-order valence-electron chi connectivity index (χ3n) is 3.24. The Morgan fingerprint density at radius 3 is 3.05 bits per heavy atom. The summed E-state index contributed by atoms with van der Waals surface area (Å²) < 4.78 is 6.82. The van der Waals surface area contributed by atoms with Gasteiger partial charge < -0.3 is 15.2 Å². The van der Waals surface area contributed by atoms with Crippen LogP contribution in [0.15, 0.2) is 22.2 Å². The van der Waals surface area contributed by atoms with Gasteiger partial charge in [-0.3, -0.25) is 4.79 Å². The maximum atomic E-state index is 12.1. The molecule has 1 atom stereocenters. The van der Waals surface area contributed by atoms with Crippen LogP contribution in [-0.4, -0.2) is 30.3 Å². The van der Waals surface area contributed by atoms with Crippen molar-refractivity contribution in [2.75, 3.05) is 13.2 Å². The predicted octanol–water partition coefficient (Wildman–Crippen LogP) is 2.96. The van der Waals surface area contributed by atoms with Crippen molar-refractivity contribution in [1.29, 1.82) is 5.26 Å². The number of phenolic OH excluding ortho intramolecular Hbond substituents is 1. The molecule has 0 aliphatic carbocycles. The highest BCUT2D eigenvalue weighted by Gasteiger charge is 2.18. The summed E-state index contributed by atoms with van der Waals surface area (Å²) in [5.41, 5.74) is 0.366. The first-order valence-corrected chi connectivity index (χ1v) is 8.58. The number of nitrogens with zero attached hydrogens (tertiary/aromatic N) is 1. The summed E-state index contributed by atoms with van der Waals surface area (Å²) >= 11 is 5.31. The molecule has 1 aliphatic heterocycles. The fourth-order valence-electron chi connectivity index (χ4n) is 2.11. The predicted molar refractivity (Wildman–Crippen MR) is 94.1 cm³/mol. The van der Waals surface area contributed by atoms with Gasteiger partial charge in [0.05, 0.1) is 9.67 Å². The van der Waals surface area contributed by atoms with Crippen LogP contribution in [0.1, 0.15) is 18.4 Å². The Kier molecular flexibility index (Phi) is 6.23. The number of benzene rings is 1. The second-order valence-corrected chi connectivity index (χ2v) is 6.92. The van der Waals surface area contributed by atoms with E-state index in [1.54, 1.807) is 12.1 Å². The number of carbonyl (C=O) groups is 1. The molecule has 1 aromatic rings. The van der Waals surface area contributed by atoms with Crippen LogP contribution in [0.25, 0.3) is 6.08 Å². The summed E-state index contributed by atoms with van der Waals surface area (Å²) in [6, 6.07) is 5.27. The van der Waals surface area contributed by atoms with Crippen LogP contribution in [0.3, 0.4) is 0 Å². The molecular weight excluding hydrogens is 463 g/mol. The van der Waals surface area contributed by atoms with Crippen molar-refractivity contribution >= 4 is 50.5 Å². The van der Waals surface area contributed by atoms with E-state index in [2.05, 4.69) is 21.2 Å². The number of halogens is 2. The van der Waals surface area contributed by atoms with Crippen molar-refractivity contribution in [2.45, 2.75) is 18.9 Å². The molecule has 0 unspecified atom stereocenters. The van der Waals surface area contributed by atoms with E-state index in [4.69, 9.17) is 4.74 Å². The summed E-state index contributed by atoms with van der Waals surface area (Å²) in [7, 11) is 0. The fraction of sp³-hybridized carbons (Fsp3) is 0.333. The molecule has 22 heavy (non-hydrogen) atoms. The zero-order valence-corrected chi connectivity index (χ0v) is 15.3. The van der Waals surface area contributed by atoms with E-state index in [1.165, 1.54) is 6.08 Å². The minimum atomic E-state index is -0.465. The Hall–Kier alpha value is -1.11. The van der Waals surface area contributed by atoms with Crippen molar-refractivity contribution in [3.8, 4) is 11.8 Å². The van der Waals surface area contributed by atoms with E-state index in [0.29, 0.717) is 22.3 Å². The molecule has 1 fully saturated rings. The van der Waals surface area contributed by atoms with Crippen LogP contribution in [0.2, 0.25) is 0 Å². The topological polar surface area (TPSA) is 82.3 Å². The highest BCUT2D eigenvalue weighted by atomic mass is 127. The molecular formula is C15H14BrIN2O3. The number of rotatable bonds is 4. The number of carbonyl (C=O) groups excluding carboxylic acids is 1. The van der Waals surface area contributed by atoms with E-state index in [1.807, 2.05) is 28.7 Å². The van der Waals surface area contributed by atoms with Gasteiger partial charge in [0.25, 0.3) is 5.91 Å². The Labute approximate surface area is 150 Å². The molecule has 2 rings (SSSR count). The number of phenols is 1. The smallest absolute Gasteiger partial charge is 0.262 e. The van der Waals surface area contributed by atoms with Gasteiger partial charge in [-0.15, -0.1) is 0 Å². The quantitative estimate of drug-likeness (QED) is 0.397. The SMILES string of the molecule is N#C/C(=C\c1cc(Br)cc(I)c1O)C(=O)NC[C@@H]1CCCO1. The van der Waals surface area contributed by atoms with Crippen LogP contribution in [0.5, 0.6) is 5.75 Å². The molecule has 0 spiro atoms. The van der Waals surface area contributed by atoms with E-state index in [-0.39, 0.29) is 17.4 Å². The number of hydrogen-bond donors (Lipinski definition) is 2. The Morgan fingerprint density at radius 1 is 1.64 bits per heavy atom. The lowest BCUT2D eigenvalue weighted by atomic mass is 10.1. The molecule has 0 bridgehead atoms. The molecule has 1 aromatic carbocycles. The monoisotopic (exact) mass is 476 g/mol. The van der Waals surface area contributed by atoms with Crippen LogP contribution in [0.4, 0.5) is 0 Å². The zero-order valence-electron chi connectivity index (χ0n) is 11.6. The van der Waals surface area contributed by atoms with Gasteiger partial charge in [-0.2, -0.15) is 5.26 Å². The van der Waals surface area contributed by atoms with Gasteiger partial charge in [-0.25, -0.2) is 0 Å². The summed E-state index contributed by atoms with van der Waals surface area (Å²) in [5.74, 6) is -0.421. The second kappa shape index (κ2) is 7.94. The lowest BCUT2D eigenvalue weighted by molar-refractivity contribution is -0.117. The number of amides is 1. The van der Waals surface area contributed by atoms with Gasteiger partial charge in [0, 0.05) is 23.2 Å². The van der Waals surface area contributed by atoms with Gasteiger partial charge in [-0.1, -0.05) is 15.9 Å². The Morgan fingerprint density at radius 2 is 2.41 bits per heavy atom. The Balaban J connectivity index is 2.13. The Bertz CT molecular complexity index is 649. The largest absolute Gasteiger partial charge is 0.506 e. The normalized spacial score (nSPS) is 18.0. The highest BCUT2D eigenvalue weighted by Crippen LogP contribution is 2.30. The fourth-order valence-corrected chi connectivity index (χ4v) is 3.66. The van der Waals surface area contributed by atoms with Gasteiger partial charge in [0.2, 0.25) is 0 Å². The average molecular weight is 477 g/mol. The minimum absolute atomic E-state index is 0.0177. The van der Waals surface area contributed by atoms with Crippen molar-refractivity contribution in [3.63, 3.8) is 0 Å². The minimum Gasteiger partial charge on any atom is -0.506 e. The number of nitrogens with one attached hydrogen (secondary N) is 1. The van der Waals surface area contributed by atoms with Crippen LogP contribution >= 0.6 is 38.5 Å². The third kappa shape index (κ3) is 4.44. The number of ether oxygens (including phenoxy) is 1. The molecule has 5 nitrogen and oxygen atoms in total. The molecule has 0 aromatic heterocycles. The van der Waals surface area contributed by atoms with Crippen molar-refractivity contribution in [2.24, 2.45) is 0 Å². The second-order valence-electron chi connectivity index (χ2n) is 4.84. The average Bonchev–Trinajstić information content (AvgIpc) is 3.00. The van der Waals surface area contributed by atoms with Gasteiger partial charge in [0.1, 0.15) is 17.4 Å². The first-order chi connectivity index (χ1) is 10.5. The molecule has 0 saturated carbocycles. The van der Waals surface area contributed by atoms with E-state index < -0.39 is 5.91 Å². The molecule has 7 heteroatoms. The standard InChI is InChI=1S/C15H14BrIN2O3/c16-11-5-9(14(20)13(17)6-11)4-10(7-18)15(21)19-8-12-2-1-3-22-12/h4-6,12,20H,1-3,8H2,(H,19,21)/b10-4+/t12-/m0/s1. The maximum Gasteiger partial charge on any atom is 0.262 e. The molecule has 1 amide bonds. The van der Waals surface area contributed by atoms with Gasteiger partial charge >= 0.3 is 0 Å². The summed E-state index contributed by atoms with van der Waals surface area (Å²) in [6.07, 6.45) is 3.30. The molecule has 1 heterocycles. The summed E-state index contributed by atoms with van der Waals surface area (Å²) in [5, 5.41) is 21.9. The van der Waals surface area contributed by atoms with E-state index in [0.717, 1.165) is 17.3 Å². The summed E-state index contributed by atoms with van der Waals surface area (Å²) in [6.45, 7) is 1.10. The number of nitriles is 1. The van der Waals surface area contributed by atoms with Crippen LogP contribution < -0.4 is 5.32 Å². The first kappa shape index (κ1) is 17.2. The molecule has 1 saturated heterocycles. The lowest BCUT2D eigenvalue weighted by Gasteiger charge is -2.10. The van der Waals surface area contributed by atoms with Crippen molar-refractivity contribution in [1.82, 2.24) is 5.32 Å². The molecule has 1 aliphatic rings. The number of aromatic hydroxyl groups is 1.